The smallest absolute Gasteiger partial charge is 0.285 e. The molecule has 0 bridgehead atoms. The number of rotatable bonds is 3. The van der Waals surface area contributed by atoms with Crippen molar-refractivity contribution in [2.75, 3.05) is 0 Å². The standard InChI is InChI=1S/C21H18N4O/c1-14-6-4-9-16(12-14)25-20(13-19(24-25)21(26)23-22)18-11-5-8-15-7-2-3-10-17(15)18/h2-13H,22H2,1H3,(H,23,26). The molecule has 3 N–H and O–H groups in total. The number of carbonyl (C=O) groups excluding carboxylic acids is 1. The molecule has 1 heterocycles. The molecule has 0 fully saturated rings. The summed E-state index contributed by atoms with van der Waals surface area (Å²) in [7, 11) is 0. The number of nitrogens with zero attached hydrogens (tertiary/aromatic N) is 2. The third-order valence-electron chi connectivity index (χ3n) is 4.38. The summed E-state index contributed by atoms with van der Waals surface area (Å²) < 4.78 is 1.79. The van der Waals surface area contributed by atoms with Crippen LogP contribution in [0.3, 0.4) is 0 Å². The van der Waals surface area contributed by atoms with Crippen LogP contribution in [0, 0.1) is 6.92 Å². The molecule has 4 aromatic rings. The van der Waals surface area contributed by atoms with Crippen LogP contribution in [0.2, 0.25) is 0 Å². The molecule has 0 saturated heterocycles. The van der Waals surface area contributed by atoms with Crippen LogP contribution in [0.4, 0.5) is 0 Å². The largest absolute Gasteiger partial charge is 0.289 e. The average Bonchev–Trinajstić information content (AvgIpc) is 3.12. The molecule has 0 saturated carbocycles. The summed E-state index contributed by atoms with van der Waals surface area (Å²) >= 11 is 0. The normalized spacial score (nSPS) is 10.8. The topological polar surface area (TPSA) is 72.9 Å². The Bertz CT molecular complexity index is 1110. The number of hydrogen-bond acceptors (Lipinski definition) is 3. The monoisotopic (exact) mass is 342 g/mol. The second-order valence-electron chi connectivity index (χ2n) is 6.17. The minimum atomic E-state index is -0.419. The molecule has 1 amide bonds. The van der Waals surface area contributed by atoms with Gasteiger partial charge in [-0.1, -0.05) is 54.6 Å². The van der Waals surface area contributed by atoms with E-state index < -0.39 is 5.91 Å². The first-order valence-electron chi connectivity index (χ1n) is 8.33. The van der Waals surface area contributed by atoms with Gasteiger partial charge in [-0.15, -0.1) is 0 Å². The van der Waals surface area contributed by atoms with Crippen molar-refractivity contribution < 1.29 is 4.79 Å². The minimum Gasteiger partial charge on any atom is -0.289 e. The Morgan fingerprint density at radius 1 is 1.00 bits per heavy atom. The summed E-state index contributed by atoms with van der Waals surface area (Å²) in [4.78, 5) is 12.1. The Morgan fingerprint density at radius 3 is 2.58 bits per heavy atom. The molecular weight excluding hydrogens is 324 g/mol. The van der Waals surface area contributed by atoms with E-state index in [1.54, 1.807) is 10.7 Å². The molecule has 1 aromatic heterocycles. The maximum Gasteiger partial charge on any atom is 0.285 e. The number of carbonyl (C=O) groups is 1. The quantitative estimate of drug-likeness (QED) is 0.339. The van der Waals surface area contributed by atoms with Crippen LogP contribution in [0.25, 0.3) is 27.7 Å². The van der Waals surface area contributed by atoms with Crippen molar-refractivity contribution in [3.05, 3.63) is 84.1 Å². The first kappa shape index (κ1) is 16.1. The molecule has 128 valence electrons. The van der Waals surface area contributed by atoms with Gasteiger partial charge < -0.3 is 0 Å². The fourth-order valence-corrected chi connectivity index (χ4v) is 3.16. The van der Waals surface area contributed by atoms with Crippen LogP contribution in [-0.4, -0.2) is 15.7 Å². The van der Waals surface area contributed by atoms with Gasteiger partial charge >= 0.3 is 0 Å². The molecule has 5 heteroatoms. The molecule has 0 unspecified atom stereocenters. The van der Waals surface area contributed by atoms with E-state index in [-0.39, 0.29) is 5.69 Å². The van der Waals surface area contributed by atoms with E-state index in [0.717, 1.165) is 33.3 Å². The van der Waals surface area contributed by atoms with Crippen molar-refractivity contribution >= 4 is 16.7 Å². The zero-order valence-electron chi connectivity index (χ0n) is 14.3. The fourth-order valence-electron chi connectivity index (χ4n) is 3.16. The Labute approximate surface area is 151 Å². The Balaban J connectivity index is 2.00. The first-order chi connectivity index (χ1) is 12.7. The number of benzene rings is 3. The zero-order valence-corrected chi connectivity index (χ0v) is 14.3. The molecule has 3 aromatic carbocycles. The van der Waals surface area contributed by atoms with Crippen molar-refractivity contribution in [1.82, 2.24) is 15.2 Å². The van der Waals surface area contributed by atoms with Gasteiger partial charge in [0.15, 0.2) is 5.69 Å². The molecule has 4 rings (SSSR count). The number of amides is 1. The van der Waals surface area contributed by atoms with Crippen LogP contribution in [-0.2, 0) is 0 Å². The van der Waals surface area contributed by atoms with Gasteiger partial charge in [0.2, 0.25) is 0 Å². The molecular formula is C21H18N4O. The lowest BCUT2D eigenvalue weighted by Gasteiger charge is -2.10. The molecule has 0 spiro atoms. The third kappa shape index (κ3) is 2.74. The van der Waals surface area contributed by atoms with Crippen molar-refractivity contribution in [2.45, 2.75) is 6.92 Å². The predicted molar refractivity (Wildman–Crippen MR) is 103 cm³/mol. The number of aryl methyl sites for hydroxylation is 1. The summed E-state index contributed by atoms with van der Waals surface area (Å²) in [5, 5.41) is 6.73. The van der Waals surface area contributed by atoms with Crippen LogP contribution >= 0.6 is 0 Å². The second kappa shape index (κ2) is 6.46. The van der Waals surface area contributed by atoms with E-state index >= 15 is 0 Å². The van der Waals surface area contributed by atoms with Gasteiger partial charge in [-0.05, 0) is 41.5 Å². The number of nitrogens with one attached hydrogen (secondary N) is 1. The van der Waals surface area contributed by atoms with E-state index in [1.165, 1.54) is 0 Å². The lowest BCUT2D eigenvalue weighted by molar-refractivity contribution is 0.0948. The maximum absolute atomic E-state index is 12.1. The van der Waals surface area contributed by atoms with Crippen molar-refractivity contribution in [2.24, 2.45) is 5.84 Å². The number of hydrazine groups is 1. The Kier molecular flexibility index (Phi) is 3.99. The highest BCUT2D eigenvalue weighted by atomic mass is 16.2. The van der Waals surface area contributed by atoms with Crippen molar-refractivity contribution in [3.8, 4) is 16.9 Å². The fraction of sp³-hybridized carbons (Fsp3) is 0.0476. The van der Waals surface area contributed by atoms with Gasteiger partial charge in [-0.25, -0.2) is 10.5 Å². The molecule has 26 heavy (non-hydrogen) atoms. The number of nitrogen functional groups attached to an aromatic ring is 1. The number of nitrogens with two attached hydrogens (primary N) is 1. The van der Waals surface area contributed by atoms with E-state index in [9.17, 15) is 4.79 Å². The predicted octanol–water partition coefficient (Wildman–Crippen LogP) is 3.60. The highest BCUT2D eigenvalue weighted by molar-refractivity contribution is 5.98. The Morgan fingerprint density at radius 2 is 1.77 bits per heavy atom. The van der Waals surface area contributed by atoms with Gasteiger partial charge in [0.25, 0.3) is 5.91 Å². The van der Waals surface area contributed by atoms with E-state index in [1.807, 2.05) is 55.5 Å². The molecule has 0 aliphatic rings. The lowest BCUT2D eigenvalue weighted by atomic mass is 10.0. The van der Waals surface area contributed by atoms with Gasteiger partial charge in [0, 0.05) is 5.56 Å². The maximum atomic E-state index is 12.1. The molecule has 0 aliphatic carbocycles. The Hall–Kier alpha value is -3.44. The first-order valence-corrected chi connectivity index (χ1v) is 8.33. The van der Waals surface area contributed by atoms with Gasteiger partial charge in [-0.3, -0.25) is 10.2 Å². The highest BCUT2D eigenvalue weighted by Crippen LogP contribution is 2.31. The summed E-state index contributed by atoms with van der Waals surface area (Å²) in [5.41, 5.74) is 6.29. The number of aromatic nitrogens is 2. The number of hydrogen-bond donors (Lipinski definition) is 2. The summed E-state index contributed by atoms with van der Waals surface area (Å²) in [6, 6.07) is 24.0. The van der Waals surface area contributed by atoms with Crippen LogP contribution in [0.1, 0.15) is 16.1 Å². The SMILES string of the molecule is Cc1cccc(-n2nc(C(=O)NN)cc2-c2cccc3ccccc23)c1. The summed E-state index contributed by atoms with van der Waals surface area (Å²) in [6.07, 6.45) is 0. The van der Waals surface area contributed by atoms with Crippen molar-refractivity contribution in [1.29, 1.82) is 0 Å². The van der Waals surface area contributed by atoms with Crippen LogP contribution < -0.4 is 11.3 Å². The van der Waals surface area contributed by atoms with Gasteiger partial charge in [-0.2, -0.15) is 5.10 Å². The third-order valence-corrected chi connectivity index (χ3v) is 4.38. The number of fused-ring (bicyclic) bond motifs is 1. The average molecular weight is 342 g/mol. The van der Waals surface area contributed by atoms with E-state index in [0.29, 0.717) is 0 Å². The molecule has 0 aliphatic heterocycles. The second-order valence-corrected chi connectivity index (χ2v) is 6.17. The van der Waals surface area contributed by atoms with E-state index in [2.05, 4.69) is 28.7 Å². The summed E-state index contributed by atoms with van der Waals surface area (Å²) in [5.74, 6) is 4.89. The van der Waals surface area contributed by atoms with E-state index in [4.69, 9.17) is 5.84 Å². The molecule has 0 radical (unpaired) electrons. The zero-order chi connectivity index (χ0) is 18.1. The summed E-state index contributed by atoms with van der Waals surface area (Å²) in [6.45, 7) is 2.03. The van der Waals surface area contributed by atoms with Crippen LogP contribution in [0.15, 0.2) is 72.8 Å². The highest BCUT2D eigenvalue weighted by Gasteiger charge is 2.17. The minimum absolute atomic E-state index is 0.275. The lowest BCUT2D eigenvalue weighted by Crippen LogP contribution is -2.30. The van der Waals surface area contributed by atoms with Gasteiger partial charge in [0.1, 0.15) is 0 Å². The molecule has 0 atom stereocenters. The van der Waals surface area contributed by atoms with Crippen LogP contribution in [0.5, 0.6) is 0 Å². The molecule has 5 nitrogen and oxygen atoms in total. The van der Waals surface area contributed by atoms with Crippen molar-refractivity contribution in [3.63, 3.8) is 0 Å². The van der Waals surface area contributed by atoms with Gasteiger partial charge in [0.05, 0.1) is 11.4 Å².